The Bertz CT molecular complexity index is 738. The van der Waals surface area contributed by atoms with Crippen molar-refractivity contribution in [3.63, 3.8) is 0 Å². The molecule has 2 N–H and O–H groups in total. The number of benzene rings is 1. The molecule has 4 nitrogen and oxygen atoms in total. The van der Waals surface area contributed by atoms with Gasteiger partial charge in [-0.3, -0.25) is 4.79 Å². The van der Waals surface area contributed by atoms with Gasteiger partial charge in [0.05, 0.1) is 5.02 Å². The third-order valence-corrected chi connectivity index (χ3v) is 2.80. The van der Waals surface area contributed by atoms with Gasteiger partial charge in [-0.25, -0.2) is 9.37 Å². The molecule has 0 aliphatic rings. The molecule has 106 valence electrons. The fourth-order valence-corrected chi connectivity index (χ4v) is 1.66. The molecule has 21 heavy (non-hydrogen) atoms. The summed E-state index contributed by atoms with van der Waals surface area (Å²) in [5.74, 6) is 4.29. The van der Waals surface area contributed by atoms with Crippen molar-refractivity contribution in [1.82, 2.24) is 4.98 Å². The molecule has 0 spiro atoms. The van der Waals surface area contributed by atoms with Crippen LogP contribution in [0.15, 0.2) is 36.5 Å². The highest BCUT2D eigenvalue weighted by molar-refractivity contribution is 6.30. The van der Waals surface area contributed by atoms with Crippen LogP contribution in [0.4, 0.5) is 10.2 Å². The molecule has 1 amide bonds. The molecule has 0 fully saturated rings. The van der Waals surface area contributed by atoms with E-state index < -0.39 is 11.7 Å². The number of nitrogens with zero attached hydrogens (tertiary/aromatic N) is 1. The lowest BCUT2D eigenvalue weighted by atomic mass is 10.2. The number of halogens is 2. The number of pyridine rings is 1. The third-order valence-electron chi connectivity index (χ3n) is 2.50. The van der Waals surface area contributed by atoms with E-state index >= 15 is 0 Å². The van der Waals surface area contributed by atoms with Gasteiger partial charge in [0.2, 0.25) is 0 Å². The van der Waals surface area contributed by atoms with Gasteiger partial charge in [0.1, 0.15) is 18.2 Å². The number of aliphatic hydroxyl groups excluding tert-OH is 1. The summed E-state index contributed by atoms with van der Waals surface area (Å²) in [4.78, 5) is 15.9. The highest BCUT2D eigenvalue weighted by atomic mass is 35.5. The van der Waals surface area contributed by atoms with Gasteiger partial charge in [-0.1, -0.05) is 23.4 Å². The van der Waals surface area contributed by atoms with Crippen molar-refractivity contribution in [1.29, 1.82) is 0 Å². The molecular formula is C15H10ClFN2O2. The average Bonchev–Trinajstić information content (AvgIpc) is 2.48. The minimum absolute atomic E-state index is 0.0500. The number of anilines is 1. The maximum absolute atomic E-state index is 13.3. The zero-order chi connectivity index (χ0) is 15.2. The molecule has 0 atom stereocenters. The van der Waals surface area contributed by atoms with Crippen molar-refractivity contribution < 1.29 is 14.3 Å². The Morgan fingerprint density at radius 1 is 1.38 bits per heavy atom. The number of aliphatic hydroxyl groups is 1. The molecule has 0 aliphatic carbocycles. The Hall–Kier alpha value is -2.42. The number of carbonyl (C=O) groups is 1. The number of nitrogens with one attached hydrogen (secondary N) is 1. The van der Waals surface area contributed by atoms with Crippen molar-refractivity contribution in [3.8, 4) is 11.8 Å². The summed E-state index contributed by atoms with van der Waals surface area (Å²) in [5, 5.41) is 11.1. The second-order valence-corrected chi connectivity index (χ2v) is 4.38. The molecule has 1 aromatic carbocycles. The quantitative estimate of drug-likeness (QED) is 0.838. The molecule has 0 saturated heterocycles. The fourth-order valence-electron chi connectivity index (χ4n) is 1.54. The van der Waals surface area contributed by atoms with E-state index in [4.69, 9.17) is 16.7 Å². The summed E-state index contributed by atoms with van der Waals surface area (Å²) in [6.45, 7) is -0.256. The van der Waals surface area contributed by atoms with Crippen LogP contribution >= 0.6 is 11.6 Å². The van der Waals surface area contributed by atoms with Crippen LogP contribution in [0.5, 0.6) is 0 Å². The Kier molecular flexibility index (Phi) is 4.88. The second kappa shape index (κ2) is 6.84. The number of amides is 1. The van der Waals surface area contributed by atoms with Gasteiger partial charge in [0.25, 0.3) is 5.91 Å². The minimum atomic E-state index is -0.667. The Balaban J connectivity index is 2.17. The van der Waals surface area contributed by atoms with E-state index in [9.17, 15) is 9.18 Å². The highest BCUT2D eigenvalue weighted by Crippen LogP contribution is 2.16. The minimum Gasteiger partial charge on any atom is -0.384 e. The van der Waals surface area contributed by atoms with E-state index in [2.05, 4.69) is 22.1 Å². The highest BCUT2D eigenvalue weighted by Gasteiger charge is 2.09. The smallest absolute Gasteiger partial charge is 0.256 e. The summed E-state index contributed by atoms with van der Waals surface area (Å²) in [6, 6.07) is 6.96. The average molecular weight is 305 g/mol. The number of rotatable bonds is 2. The number of carbonyl (C=O) groups excluding carboxylic acids is 1. The van der Waals surface area contributed by atoms with Gasteiger partial charge in [-0.2, -0.15) is 0 Å². The van der Waals surface area contributed by atoms with Gasteiger partial charge in [-0.05, 0) is 30.3 Å². The van der Waals surface area contributed by atoms with E-state index in [1.54, 1.807) is 12.1 Å². The van der Waals surface area contributed by atoms with Crippen LogP contribution in [0.25, 0.3) is 0 Å². The summed E-state index contributed by atoms with van der Waals surface area (Å²) in [7, 11) is 0. The Morgan fingerprint density at radius 2 is 2.19 bits per heavy atom. The van der Waals surface area contributed by atoms with E-state index in [-0.39, 0.29) is 23.0 Å². The maximum atomic E-state index is 13.3. The van der Waals surface area contributed by atoms with Crippen molar-refractivity contribution in [3.05, 3.63) is 58.5 Å². The molecular weight excluding hydrogens is 295 g/mol. The van der Waals surface area contributed by atoms with E-state index in [1.807, 2.05) is 0 Å². The summed E-state index contributed by atoms with van der Waals surface area (Å²) in [5.41, 5.74) is 0.724. The predicted octanol–water partition coefficient (Wildman–Crippen LogP) is 2.47. The monoisotopic (exact) mass is 304 g/mol. The largest absolute Gasteiger partial charge is 0.384 e. The van der Waals surface area contributed by atoms with Crippen LogP contribution in [0, 0.1) is 17.7 Å². The van der Waals surface area contributed by atoms with Crippen LogP contribution in [-0.2, 0) is 0 Å². The van der Waals surface area contributed by atoms with Gasteiger partial charge in [0.15, 0.2) is 0 Å². The first-order valence-electron chi connectivity index (χ1n) is 5.92. The molecule has 0 saturated carbocycles. The van der Waals surface area contributed by atoms with Crippen LogP contribution in [0.1, 0.15) is 15.9 Å². The van der Waals surface area contributed by atoms with E-state index in [0.29, 0.717) is 5.56 Å². The van der Waals surface area contributed by atoms with Gasteiger partial charge < -0.3 is 10.4 Å². The molecule has 0 aliphatic heterocycles. The number of aromatic nitrogens is 1. The fraction of sp³-hybridized carbons (Fsp3) is 0.0667. The summed E-state index contributed by atoms with van der Waals surface area (Å²) in [6.07, 6.45) is 1.47. The Morgan fingerprint density at radius 3 is 2.90 bits per heavy atom. The standard InChI is InChI=1S/C15H10ClFN2O2/c16-12-4-3-11(9-13(12)17)15(21)19-14-8-10(2-1-7-20)5-6-18-14/h3-6,8-9,20H,7H2,(H,18,19,21). The van der Waals surface area contributed by atoms with Crippen LogP contribution < -0.4 is 5.32 Å². The molecule has 0 unspecified atom stereocenters. The van der Waals surface area contributed by atoms with Gasteiger partial charge >= 0.3 is 0 Å². The van der Waals surface area contributed by atoms with Crippen LogP contribution in [-0.4, -0.2) is 22.6 Å². The normalized spacial score (nSPS) is 9.67. The molecule has 0 radical (unpaired) electrons. The SMILES string of the molecule is O=C(Nc1cc(C#CCO)ccn1)c1ccc(Cl)c(F)c1. The number of hydrogen-bond acceptors (Lipinski definition) is 3. The maximum Gasteiger partial charge on any atom is 0.256 e. The zero-order valence-corrected chi connectivity index (χ0v) is 11.5. The lowest BCUT2D eigenvalue weighted by Crippen LogP contribution is -2.13. The molecule has 2 rings (SSSR count). The van der Waals surface area contributed by atoms with Gasteiger partial charge in [0, 0.05) is 17.3 Å². The lowest BCUT2D eigenvalue weighted by molar-refractivity contribution is 0.102. The lowest BCUT2D eigenvalue weighted by Gasteiger charge is -2.05. The summed E-state index contributed by atoms with van der Waals surface area (Å²) >= 11 is 5.56. The van der Waals surface area contributed by atoms with Gasteiger partial charge in [-0.15, -0.1) is 0 Å². The number of hydrogen-bond donors (Lipinski definition) is 2. The first-order valence-corrected chi connectivity index (χ1v) is 6.30. The Labute approximate surface area is 125 Å². The first-order chi connectivity index (χ1) is 10.1. The third kappa shape index (κ3) is 4.02. The zero-order valence-electron chi connectivity index (χ0n) is 10.7. The van der Waals surface area contributed by atoms with Crippen molar-refractivity contribution in [2.24, 2.45) is 0 Å². The van der Waals surface area contributed by atoms with E-state index in [1.165, 1.54) is 18.3 Å². The molecule has 1 heterocycles. The molecule has 6 heteroatoms. The second-order valence-electron chi connectivity index (χ2n) is 3.97. The van der Waals surface area contributed by atoms with E-state index in [0.717, 1.165) is 6.07 Å². The molecule has 2 aromatic rings. The first kappa shape index (κ1) is 15.0. The van der Waals surface area contributed by atoms with Crippen molar-refractivity contribution in [2.45, 2.75) is 0 Å². The van der Waals surface area contributed by atoms with Crippen LogP contribution in [0.3, 0.4) is 0 Å². The molecule has 1 aromatic heterocycles. The van der Waals surface area contributed by atoms with Crippen molar-refractivity contribution >= 4 is 23.3 Å². The van der Waals surface area contributed by atoms with Crippen molar-refractivity contribution in [2.75, 3.05) is 11.9 Å². The van der Waals surface area contributed by atoms with Crippen LogP contribution in [0.2, 0.25) is 5.02 Å². The molecule has 0 bridgehead atoms. The topological polar surface area (TPSA) is 62.2 Å². The predicted molar refractivity (Wildman–Crippen MR) is 77.6 cm³/mol. The summed E-state index contributed by atoms with van der Waals surface area (Å²) < 4.78 is 13.3.